The molecule has 0 aromatic heterocycles. The number of carboxylic acid groups (broad SMARTS) is 1. The molecule has 2 aromatic carbocycles. The molecule has 2 rings (SSSR count). The Bertz CT molecular complexity index is 891. The number of carbonyl (C=O) groups is 2. The third-order valence-corrected chi connectivity index (χ3v) is 5.47. The zero-order valence-electron chi connectivity index (χ0n) is 14.4. The van der Waals surface area contributed by atoms with E-state index in [1.54, 1.807) is 6.92 Å². The Hall–Kier alpha value is -2.67. The number of sulfone groups is 1. The number of carbonyl (C=O) groups excluding carboxylic acids is 1. The Morgan fingerprint density at radius 2 is 1.77 bits per heavy atom. The van der Waals surface area contributed by atoms with E-state index in [2.05, 4.69) is 5.32 Å². The minimum Gasteiger partial charge on any atom is -0.478 e. The number of benzene rings is 2. The third-order valence-electron chi connectivity index (χ3n) is 3.86. The highest BCUT2D eigenvalue weighted by Gasteiger charge is 2.17. The minimum absolute atomic E-state index is 0.0632. The van der Waals surface area contributed by atoms with Crippen molar-refractivity contribution in [3.8, 4) is 0 Å². The van der Waals surface area contributed by atoms with Crippen LogP contribution in [0.3, 0.4) is 0 Å². The molecule has 0 fully saturated rings. The van der Waals surface area contributed by atoms with E-state index in [1.807, 2.05) is 30.3 Å². The summed E-state index contributed by atoms with van der Waals surface area (Å²) in [6.07, 6.45) is 1.09. The molecule has 26 heavy (non-hydrogen) atoms. The molecular formula is C19H21NO5S. The van der Waals surface area contributed by atoms with Crippen LogP contribution in [0.25, 0.3) is 0 Å². The minimum atomic E-state index is -3.51. The predicted octanol–water partition coefficient (Wildman–Crippen LogP) is 2.68. The highest BCUT2D eigenvalue weighted by atomic mass is 32.2. The molecule has 0 spiro atoms. The van der Waals surface area contributed by atoms with Crippen LogP contribution in [0, 0.1) is 6.92 Å². The van der Waals surface area contributed by atoms with Gasteiger partial charge in [-0.25, -0.2) is 13.2 Å². The van der Waals surface area contributed by atoms with Crippen molar-refractivity contribution in [3.63, 3.8) is 0 Å². The molecule has 0 unspecified atom stereocenters. The van der Waals surface area contributed by atoms with E-state index in [0.29, 0.717) is 24.1 Å². The van der Waals surface area contributed by atoms with E-state index in [-0.39, 0.29) is 11.3 Å². The molecule has 7 heteroatoms. The molecule has 138 valence electrons. The molecule has 1 amide bonds. The Morgan fingerprint density at radius 1 is 1.08 bits per heavy atom. The number of carboxylic acids is 1. The molecular weight excluding hydrogens is 354 g/mol. The third kappa shape index (κ3) is 6.00. The van der Waals surface area contributed by atoms with Crippen LogP contribution in [0.1, 0.15) is 27.9 Å². The lowest BCUT2D eigenvalue weighted by Gasteiger charge is -2.08. The first kappa shape index (κ1) is 19.7. The van der Waals surface area contributed by atoms with Gasteiger partial charge in [-0.2, -0.15) is 0 Å². The largest absolute Gasteiger partial charge is 0.478 e. The first-order chi connectivity index (χ1) is 12.3. The predicted molar refractivity (Wildman–Crippen MR) is 100 cm³/mol. The number of amides is 1. The molecule has 0 aliphatic heterocycles. The van der Waals surface area contributed by atoms with Gasteiger partial charge >= 0.3 is 5.97 Å². The van der Waals surface area contributed by atoms with Crippen molar-refractivity contribution in [1.82, 2.24) is 0 Å². The summed E-state index contributed by atoms with van der Waals surface area (Å²) in [6, 6.07) is 13.9. The molecule has 2 N–H and O–H groups in total. The zero-order valence-corrected chi connectivity index (χ0v) is 15.3. The maximum absolute atomic E-state index is 12.1. The second kappa shape index (κ2) is 8.62. The van der Waals surface area contributed by atoms with Crippen molar-refractivity contribution in [1.29, 1.82) is 0 Å². The lowest BCUT2D eigenvalue weighted by Crippen LogP contribution is -2.25. The molecule has 0 saturated heterocycles. The first-order valence-corrected chi connectivity index (χ1v) is 9.97. The van der Waals surface area contributed by atoms with Gasteiger partial charge in [0.2, 0.25) is 5.91 Å². The van der Waals surface area contributed by atoms with E-state index in [4.69, 9.17) is 5.11 Å². The number of rotatable bonds is 8. The average Bonchev–Trinajstić information content (AvgIpc) is 2.54. The monoisotopic (exact) mass is 375 g/mol. The van der Waals surface area contributed by atoms with Crippen molar-refractivity contribution in [2.24, 2.45) is 0 Å². The number of hydrogen-bond acceptors (Lipinski definition) is 4. The lowest BCUT2D eigenvalue weighted by molar-refractivity contribution is -0.113. The molecule has 2 aromatic rings. The maximum atomic E-state index is 12.1. The molecule has 0 heterocycles. The van der Waals surface area contributed by atoms with Crippen molar-refractivity contribution in [3.05, 3.63) is 65.2 Å². The molecule has 0 aliphatic carbocycles. The van der Waals surface area contributed by atoms with Gasteiger partial charge < -0.3 is 10.4 Å². The Morgan fingerprint density at radius 3 is 2.38 bits per heavy atom. The van der Waals surface area contributed by atoms with Crippen LogP contribution in [0.2, 0.25) is 0 Å². The zero-order chi connectivity index (χ0) is 19.2. The van der Waals surface area contributed by atoms with Gasteiger partial charge in [0.1, 0.15) is 5.75 Å². The normalized spacial score (nSPS) is 11.1. The molecule has 0 bridgehead atoms. The van der Waals surface area contributed by atoms with Crippen LogP contribution in [0.5, 0.6) is 0 Å². The summed E-state index contributed by atoms with van der Waals surface area (Å²) in [5.41, 5.74) is 2.05. The summed E-state index contributed by atoms with van der Waals surface area (Å²) in [6.45, 7) is 1.61. The van der Waals surface area contributed by atoms with Gasteiger partial charge in [-0.1, -0.05) is 30.3 Å². The van der Waals surface area contributed by atoms with Gasteiger partial charge in [0, 0.05) is 5.69 Å². The standard InChI is InChI=1S/C19H21NO5S/c1-14-12-16(9-10-17(14)19(22)23)20-18(21)13-26(24,25)11-5-8-15-6-3-2-4-7-15/h2-4,6-7,9-10,12H,5,8,11,13H2,1H3,(H,20,21)(H,22,23). The van der Waals surface area contributed by atoms with E-state index in [0.717, 1.165) is 5.56 Å². The van der Waals surface area contributed by atoms with E-state index < -0.39 is 27.5 Å². The number of anilines is 1. The second-order valence-corrected chi connectivity index (χ2v) is 8.25. The summed E-state index contributed by atoms with van der Waals surface area (Å²) in [5.74, 6) is -2.35. The molecule has 6 nitrogen and oxygen atoms in total. The summed E-state index contributed by atoms with van der Waals surface area (Å²) < 4.78 is 24.2. The van der Waals surface area contributed by atoms with Gasteiger partial charge in [0.05, 0.1) is 11.3 Å². The van der Waals surface area contributed by atoms with E-state index in [1.165, 1.54) is 18.2 Å². The number of nitrogens with one attached hydrogen (secondary N) is 1. The number of aryl methyl sites for hydroxylation is 2. The maximum Gasteiger partial charge on any atom is 0.335 e. The van der Waals surface area contributed by atoms with Gasteiger partial charge in [0.25, 0.3) is 0 Å². The van der Waals surface area contributed by atoms with Crippen molar-refractivity contribution in [2.75, 3.05) is 16.8 Å². The van der Waals surface area contributed by atoms with Gasteiger partial charge in [-0.05, 0) is 49.1 Å². The second-order valence-electron chi connectivity index (χ2n) is 6.06. The Kier molecular flexibility index (Phi) is 6.52. The quantitative estimate of drug-likeness (QED) is 0.739. The van der Waals surface area contributed by atoms with Crippen LogP contribution in [-0.4, -0.2) is 36.9 Å². The summed E-state index contributed by atoms with van der Waals surface area (Å²) in [5, 5.41) is 11.5. The fourth-order valence-electron chi connectivity index (χ4n) is 2.59. The summed E-state index contributed by atoms with van der Waals surface area (Å²) in [7, 11) is -3.51. The number of aromatic carboxylic acids is 1. The van der Waals surface area contributed by atoms with Gasteiger partial charge in [-0.15, -0.1) is 0 Å². The van der Waals surface area contributed by atoms with Crippen molar-refractivity contribution in [2.45, 2.75) is 19.8 Å². The average molecular weight is 375 g/mol. The van der Waals surface area contributed by atoms with Crippen molar-refractivity contribution < 1.29 is 23.1 Å². The van der Waals surface area contributed by atoms with Crippen LogP contribution in [0.4, 0.5) is 5.69 Å². The van der Waals surface area contributed by atoms with Crippen LogP contribution >= 0.6 is 0 Å². The van der Waals surface area contributed by atoms with Crippen LogP contribution in [0.15, 0.2) is 48.5 Å². The van der Waals surface area contributed by atoms with Crippen molar-refractivity contribution >= 4 is 27.4 Å². The van der Waals surface area contributed by atoms with E-state index in [9.17, 15) is 18.0 Å². The van der Waals surface area contributed by atoms with E-state index >= 15 is 0 Å². The molecule has 0 aliphatic rings. The fraction of sp³-hybridized carbons (Fsp3) is 0.263. The molecule has 0 radical (unpaired) electrons. The summed E-state index contributed by atoms with van der Waals surface area (Å²) in [4.78, 5) is 23.0. The Labute approximate surface area is 152 Å². The topological polar surface area (TPSA) is 101 Å². The molecule has 0 saturated carbocycles. The van der Waals surface area contributed by atoms with Gasteiger partial charge in [-0.3, -0.25) is 4.79 Å². The SMILES string of the molecule is Cc1cc(NC(=O)CS(=O)(=O)CCCc2ccccc2)ccc1C(=O)O. The summed E-state index contributed by atoms with van der Waals surface area (Å²) >= 11 is 0. The van der Waals surface area contributed by atoms with Crippen LogP contribution in [-0.2, 0) is 21.1 Å². The lowest BCUT2D eigenvalue weighted by atomic mass is 10.1. The smallest absolute Gasteiger partial charge is 0.335 e. The highest BCUT2D eigenvalue weighted by molar-refractivity contribution is 7.92. The highest BCUT2D eigenvalue weighted by Crippen LogP contribution is 2.15. The van der Waals surface area contributed by atoms with Gasteiger partial charge in [0.15, 0.2) is 9.84 Å². The van der Waals surface area contributed by atoms with Crippen LogP contribution < -0.4 is 5.32 Å². The first-order valence-electron chi connectivity index (χ1n) is 8.15. The molecule has 0 atom stereocenters. The fourth-order valence-corrected chi connectivity index (χ4v) is 3.79. The number of hydrogen-bond donors (Lipinski definition) is 2. The Balaban J connectivity index is 1.87.